The van der Waals surface area contributed by atoms with Crippen LogP contribution < -0.4 is 0 Å². The van der Waals surface area contributed by atoms with Gasteiger partial charge in [0.15, 0.2) is 11.5 Å². The summed E-state index contributed by atoms with van der Waals surface area (Å²) < 4.78 is 5.41. The maximum Gasteiger partial charge on any atom is 0.157 e. The Morgan fingerprint density at radius 3 is 2.28 bits per heavy atom. The molecule has 0 bridgehead atoms. The van der Waals surface area contributed by atoms with Gasteiger partial charge in [-0.3, -0.25) is 4.79 Å². The number of carbonyl (C=O) groups excluding carboxylic acids is 1. The highest BCUT2D eigenvalue weighted by Crippen LogP contribution is 2.25. The highest BCUT2D eigenvalue weighted by atomic mass is 16.5. The lowest BCUT2D eigenvalue weighted by atomic mass is 10.00. The van der Waals surface area contributed by atoms with Gasteiger partial charge in [-0.2, -0.15) is 0 Å². The number of aromatic hydroxyl groups is 3. The molecule has 0 aromatic heterocycles. The van der Waals surface area contributed by atoms with Gasteiger partial charge in [-0.25, -0.2) is 0 Å². The van der Waals surface area contributed by atoms with Crippen molar-refractivity contribution in [3.05, 3.63) is 53.6 Å². The molecule has 0 fully saturated rings. The van der Waals surface area contributed by atoms with Crippen molar-refractivity contribution in [2.75, 3.05) is 7.11 Å². The van der Waals surface area contributed by atoms with Crippen molar-refractivity contribution in [1.29, 1.82) is 0 Å². The zero-order valence-corrected chi connectivity index (χ0v) is 14.3. The van der Waals surface area contributed by atoms with E-state index >= 15 is 0 Å². The lowest BCUT2D eigenvalue weighted by molar-refractivity contribution is -0.121. The van der Waals surface area contributed by atoms with Crippen LogP contribution >= 0.6 is 0 Å². The van der Waals surface area contributed by atoms with E-state index < -0.39 is 0 Å². The molecule has 0 unspecified atom stereocenters. The zero-order valence-electron chi connectivity index (χ0n) is 14.3. The minimum atomic E-state index is -0.173. The Hall–Kier alpha value is -2.53. The van der Waals surface area contributed by atoms with Gasteiger partial charge in [-0.05, 0) is 54.7 Å². The van der Waals surface area contributed by atoms with Gasteiger partial charge in [0, 0.05) is 20.0 Å². The van der Waals surface area contributed by atoms with Crippen LogP contribution in [0.1, 0.15) is 30.4 Å². The molecular weight excluding hydrogens is 320 g/mol. The number of hydrogen-bond acceptors (Lipinski definition) is 5. The van der Waals surface area contributed by atoms with Crippen molar-refractivity contribution in [3.63, 3.8) is 0 Å². The summed E-state index contributed by atoms with van der Waals surface area (Å²) in [7, 11) is 1.60. The second-order valence-corrected chi connectivity index (χ2v) is 6.13. The highest BCUT2D eigenvalue weighted by molar-refractivity contribution is 5.79. The van der Waals surface area contributed by atoms with Crippen LogP contribution in [0.2, 0.25) is 0 Å². The molecular formula is C20H24O5. The molecule has 0 heterocycles. The first-order chi connectivity index (χ1) is 12.0. The van der Waals surface area contributed by atoms with Crippen molar-refractivity contribution < 1.29 is 24.9 Å². The Balaban J connectivity index is 1.78. The van der Waals surface area contributed by atoms with E-state index in [1.807, 2.05) is 12.1 Å². The van der Waals surface area contributed by atoms with Gasteiger partial charge >= 0.3 is 0 Å². The van der Waals surface area contributed by atoms with E-state index in [1.165, 1.54) is 12.1 Å². The molecule has 0 aliphatic carbocycles. The first-order valence-corrected chi connectivity index (χ1v) is 8.31. The Kier molecular flexibility index (Phi) is 6.83. The number of Topliss-reactive ketones (excluding diaryl/α,β-unsaturated/α-hetero) is 1. The molecule has 2 aromatic carbocycles. The van der Waals surface area contributed by atoms with E-state index in [9.17, 15) is 20.1 Å². The van der Waals surface area contributed by atoms with Gasteiger partial charge in [0.05, 0.1) is 6.10 Å². The molecule has 2 rings (SSSR count). The van der Waals surface area contributed by atoms with Crippen LogP contribution in [0.15, 0.2) is 42.5 Å². The summed E-state index contributed by atoms with van der Waals surface area (Å²) >= 11 is 0. The smallest absolute Gasteiger partial charge is 0.157 e. The molecule has 134 valence electrons. The first-order valence-electron chi connectivity index (χ1n) is 8.31. The van der Waals surface area contributed by atoms with Crippen LogP contribution in [0.4, 0.5) is 0 Å². The molecule has 0 amide bonds. The monoisotopic (exact) mass is 344 g/mol. The molecule has 2 aromatic rings. The molecule has 0 aliphatic heterocycles. The molecule has 3 N–H and O–H groups in total. The SMILES string of the molecule is CO[C@@H](CCc1ccc(O)cc1)CC(=O)CCc1ccc(O)c(O)c1. The number of carbonyl (C=O) groups is 1. The van der Waals surface area contributed by atoms with Gasteiger partial charge in [0.1, 0.15) is 11.5 Å². The number of ketones is 1. The van der Waals surface area contributed by atoms with Crippen molar-refractivity contribution in [3.8, 4) is 17.2 Å². The number of aryl methyl sites for hydroxylation is 2. The molecule has 0 spiro atoms. The Bertz CT molecular complexity index is 694. The summed E-state index contributed by atoms with van der Waals surface area (Å²) in [5.74, 6) is 0.00461. The van der Waals surface area contributed by atoms with Gasteiger partial charge in [0.25, 0.3) is 0 Å². The van der Waals surface area contributed by atoms with Gasteiger partial charge < -0.3 is 20.1 Å². The minimum Gasteiger partial charge on any atom is -0.508 e. The summed E-state index contributed by atoms with van der Waals surface area (Å²) in [5.41, 5.74) is 1.90. The summed E-state index contributed by atoms with van der Waals surface area (Å²) in [6, 6.07) is 11.6. The number of methoxy groups -OCH3 is 1. The Morgan fingerprint density at radius 2 is 1.64 bits per heavy atom. The van der Waals surface area contributed by atoms with E-state index in [1.54, 1.807) is 25.3 Å². The number of phenols is 3. The maximum atomic E-state index is 12.2. The summed E-state index contributed by atoms with van der Waals surface area (Å²) in [5, 5.41) is 28.1. The van der Waals surface area contributed by atoms with Gasteiger partial charge in [0.2, 0.25) is 0 Å². The molecule has 5 heteroatoms. The largest absolute Gasteiger partial charge is 0.508 e. The number of benzene rings is 2. The minimum absolute atomic E-state index is 0.102. The van der Waals surface area contributed by atoms with Crippen LogP contribution in [0, 0.1) is 0 Å². The van der Waals surface area contributed by atoms with Crippen LogP contribution in [0.25, 0.3) is 0 Å². The van der Waals surface area contributed by atoms with E-state index in [0.29, 0.717) is 19.3 Å². The average Bonchev–Trinajstić information content (AvgIpc) is 2.61. The van der Waals surface area contributed by atoms with E-state index in [0.717, 1.165) is 24.0 Å². The van der Waals surface area contributed by atoms with Crippen LogP contribution in [0.5, 0.6) is 17.2 Å². The lowest BCUT2D eigenvalue weighted by Gasteiger charge is -2.14. The highest BCUT2D eigenvalue weighted by Gasteiger charge is 2.14. The fourth-order valence-corrected chi connectivity index (χ4v) is 2.66. The second kappa shape index (κ2) is 9.08. The maximum absolute atomic E-state index is 12.2. The predicted octanol–water partition coefficient (Wildman–Crippen LogP) is 3.34. The van der Waals surface area contributed by atoms with Gasteiger partial charge in [-0.15, -0.1) is 0 Å². The van der Waals surface area contributed by atoms with Gasteiger partial charge in [-0.1, -0.05) is 18.2 Å². The van der Waals surface area contributed by atoms with Crippen molar-refractivity contribution in [1.82, 2.24) is 0 Å². The van der Waals surface area contributed by atoms with E-state index in [-0.39, 0.29) is 29.1 Å². The number of rotatable bonds is 9. The summed E-state index contributed by atoms with van der Waals surface area (Å²) in [6.45, 7) is 0. The molecule has 25 heavy (non-hydrogen) atoms. The predicted molar refractivity (Wildman–Crippen MR) is 94.9 cm³/mol. The molecule has 0 saturated heterocycles. The van der Waals surface area contributed by atoms with Crippen LogP contribution in [-0.2, 0) is 22.4 Å². The summed E-state index contributed by atoms with van der Waals surface area (Å²) in [4.78, 5) is 12.2. The topological polar surface area (TPSA) is 87.0 Å². The van der Waals surface area contributed by atoms with E-state index in [2.05, 4.69) is 0 Å². The second-order valence-electron chi connectivity index (χ2n) is 6.13. The molecule has 0 aliphatic rings. The van der Waals surface area contributed by atoms with E-state index in [4.69, 9.17) is 4.74 Å². The third-order valence-electron chi connectivity index (χ3n) is 4.21. The summed E-state index contributed by atoms with van der Waals surface area (Å²) in [6.07, 6.45) is 2.59. The fraction of sp³-hybridized carbons (Fsp3) is 0.350. The van der Waals surface area contributed by atoms with Crippen molar-refractivity contribution in [2.45, 2.75) is 38.2 Å². The van der Waals surface area contributed by atoms with Crippen LogP contribution in [0.3, 0.4) is 0 Å². The first kappa shape index (κ1) is 18.8. The molecule has 0 radical (unpaired) electrons. The van der Waals surface area contributed by atoms with Crippen molar-refractivity contribution in [2.24, 2.45) is 0 Å². The standard InChI is InChI=1S/C20H24O5/c1-25-18(10-5-14-2-7-16(21)8-3-14)13-17(22)9-4-15-6-11-19(23)20(24)12-15/h2-3,6-8,11-12,18,21,23-24H,4-5,9-10,13H2,1H3/t18-/m0/s1. The third-order valence-corrected chi connectivity index (χ3v) is 4.21. The lowest BCUT2D eigenvalue weighted by Crippen LogP contribution is -2.17. The van der Waals surface area contributed by atoms with Crippen LogP contribution in [-0.4, -0.2) is 34.3 Å². The quantitative estimate of drug-likeness (QED) is 0.607. The average molecular weight is 344 g/mol. The molecule has 0 saturated carbocycles. The molecule has 5 nitrogen and oxygen atoms in total. The third kappa shape index (κ3) is 6.12. The Morgan fingerprint density at radius 1 is 0.960 bits per heavy atom. The molecule has 1 atom stereocenters. The zero-order chi connectivity index (χ0) is 18.2. The number of ether oxygens (including phenoxy) is 1. The number of phenolic OH excluding ortho intramolecular Hbond substituents is 3. The number of hydrogen-bond donors (Lipinski definition) is 3. The van der Waals surface area contributed by atoms with Crippen molar-refractivity contribution >= 4 is 5.78 Å². The Labute approximate surface area is 147 Å². The fourth-order valence-electron chi connectivity index (χ4n) is 2.66. The normalized spacial score (nSPS) is 12.0.